The van der Waals surface area contributed by atoms with Crippen molar-refractivity contribution < 1.29 is 4.79 Å². The molecule has 0 N–H and O–H groups in total. The zero-order valence-electron chi connectivity index (χ0n) is 7.23. The number of rotatable bonds is 3. The molecule has 0 spiro atoms. The van der Waals surface area contributed by atoms with Crippen LogP contribution in [-0.2, 0) is 4.79 Å². The first-order valence-corrected chi connectivity index (χ1v) is 5.70. The molecule has 0 bridgehead atoms. The fourth-order valence-electron chi connectivity index (χ4n) is 0.666. The quantitative estimate of drug-likeness (QED) is 0.577. The normalized spacial score (nSPS) is 12.1. The second kappa shape index (κ2) is 6.68. The molecule has 1 atom stereocenters. The van der Waals surface area contributed by atoms with Gasteiger partial charge in [0.15, 0.2) is 5.78 Å². The van der Waals surface area contributed by atoms with Gasteiger partial charge in [-0.05, 0) is 0 Å². The van der Waals surface area contributed by atoms with Crippen LogP contribution in [0.25, 0.3) is 0 Å². The maximum Gasteiger partial charge on any atom is 0.160 e. The summed E-state index contributed by atoms with van der Waals surface area (Å²) in [4.78, 5) is 11.3. The zero-order chi connectivity index (χ0) is 9.56. The lowest BCUT2D eigenvalue weighted by atomic mass is 10.0. The summed E-state index contributed by atoms with van der Waals surface area (Å²) in [5, 5.41) is 0. The lowest BCUT2D eigenvalue weighted by Crippen LogP contribution is -2.16. The van der Waals surface area contributed by atoms with Crippen LogP contribution in [0.3, 0.4) is 0 Å². The maximum atomic E-state index is 11.3. The number of hydrogen-bond acceptors (Lipinski definition) is 1. The van der Waals surface area contributed by atoms with Gasteiger partial charge in [0.05, 0.1) is 0 Å². The van der Waals surface area contributed by atoms with Crippen LogP contribution in [0.1, 0.15) is 26.7 Å². The molecular formula is C9H12Br2O. The molecular weight excluding hydrogens is 284 g/mol. The van der Waals surface area contributed by atoms with E-state index in [-0.39, 0.29) is 15.4 Å². The Morgan fingerprint density at radius 1 is 1.42 bits per heavy atom. The predicted octanol–water partition coefficient (Wildman–Crippen LogP) is 3.11. The van der Waals surface area contributed by atoms with Crippen molar-refractivity contribution in [3.05, 3.63) is 0 Å². The molecule has 0 unspecified atom stereocenters. The van der Waals surface area contributed by atoms with Crippen molar-refractivity contribution >= 4 is 37.6 Å². The van der Waals surface area contributed by atoms with Crippen molar-refractivity contribution in [1.82, 2.24) is 0 Å². The van der Waals surface area contributed by atoms with E-state index in [1.807, 2.05) is 13.8 Å². The van der Waals surface area contributed by atoms with E-state index < -0.39 is 0 Å². The maximum absolute atomic E-state index is 11.3. The highest BCUT2D eigenvalue weighted by molar-refractivity contribution is 9.25. The van der Waals surface area contributed by atoms with E-state index in [4.69, 9.17) is 0 Å². The Hall–Kier alpha value is 0.190. The second-order valence-corrected chi connectivity index (χ2v) is 5.58. The summed E-state index contributed by atoms with van der Waals surface area (Å²) in [6, 6.07) is 0. The summed E-state index contributed by atoms with van der Waals surface area (Å²) < 4.78 is -0.233. The van der Waals surface area contributed by atoms with Crippen LogP contribution in [0.15, 0.2) is 0 Å². The molecule has 0 aromatic rings. The molecule has 0 radical (unpaired) electrons. The Morgan fingerprint density at radius 2 is 2.00 bits per heavy atom. The SMILES string of the molecule is CCC#CC[C@H](C)C(=O)C(Br)Br. The Morgan fingerprint density at radius 3 is 2.42 bits per heavy atom. The van der Waals surface area contributed by atoms with Gasteiger partial charge in [-0.2, -0.15) is 0 Å². The third kappa shape index (κ3) is 4.95. The van der Waals surface area contributed by atoms with Gasteiger partial charge in [0.2, 0.25) is 0 Å². The summed E-state index contributed by atoms with van der Waals surface area (Å²) in [5.74, 6) is 6.06. The highest BCUT2D eigenvalue weighted by atomic mass is 79.9. The summed E-state index contributed by atoms with van der Waals surface area (Å²) in [5.41, 5.74) is 0. The predicted molar refractivity (Wildman–Crippen MR) is 58.5 cm³/mol. The first kappa shape index (κ1) is 12.2. The molecule has 0 amide bonds. The van der Waals surface area contributed by atoms with Crippen LogP contribution in [0.5, 0.6) is 0 Å². The minimum Gasteiger partial charge on any atom is -0.297 e. The molecule has 0 saturated heterocycles. The molecule has 0 aliphatic heterocycles. The number of ketones is 1. The molecule has 0 saturated carbocycles. The fraction of sp³-hybridized carbons (Fsp3) is 0.667. The summed E-state index contributed by atoms with van der Waals surface area (Å²) in [7, 11) is 0. The number of halogens is 2. The molecule has 1 nitrogen and oxygen atoms in total. The fourth-order valence-corrected chi connectivity index (χ4v) is 1.57. The van der Waals surface area contributed by atoms with Crippen molar-refractivity contribution in [3.8, 4) is 11.8 Å². The van der Waals surface area contributed by atoms with Crippen LogP contribution in [0, 0.1) is 17.8 Å². The molecule has 0 aromatic carbocycles. The van der Waals surface area contributed by atoms with E-state index in [2.05, 4.69) is 43.7 Å². The van der Waals surface area contributed by atoms with Crippen molar-refractivity contribution in [2.75, 3.05) is 0 Å². The van der Waals surface area contributed by atoms with Crippen molar-refractivity contribution in [1.29, 1.82) is 0 Å². The highest BCUT2D eigenvalue weighted by Crippen LogP contribution is 2.16. The summed E-state index contributed by atoms with van der Waals surface area (Å²) in [6.45, 7) is 3.89. The Labute approximate surface area is 90.6 Å². The molecule has 0 aliphatic rings. The van der Waals surface area contributed by atoms with Crippen LogP contribution in [-0.4, -0.2) is 9.52 Å². The van der Waals surface area contributed by atoms with Gasteiger partial charge < -0.3 is 0 Å². The lowest BCUT2D eigenvalue weighted by molar-refractivity contribution is -0.120. The largest absolute Gasteiger partial charge is 0.297 e. The Balaban J connectivity index is 3.87. The first-order chi connectivity index (χ1) is 5.59. The lowest BCUT2D eigenvalue weighted by Gasteiger charge is -2.06. The molecule has 3 heteroatoms. The standard InChI is InChI=1S/C9H12Br2O/c1-3-4-5-6-7(2)8(12)9(10)11/h7,9H,3,6H2,1-2H3/t7-/m0/s1. The van der Waals surface area contributed by atoms with E-state index in [0.717, 1.165) is 6.42 Å². The molecule has 68 valence electrons. The monoisotopic (exact) mass is 294 g/mol. The average Bonchev–Trinajstić information content (AvgIpc) is 2.03. The van der Waals surface area contributed by atoms with E-state index in [1.165, 1.54) is 0 Å². The van der Waals surface area contributed by atoms with Gasteiger partial charge in [-0.3, -0.25) is 4.79 Å². The minimum atomic E-state index is -0.233. The van der Waals surface area contributed by atoms with E-state index in [0.29, 0.717) is 6.42 Å². The molecule has 0 rings (SSSR count). The van der Waals surface area contributed by atoms with Crippen LogP contribution >= 0.6 is 31.9 Å². The molecule has 0 fully saturated rings. The van der Waals surface area contributed by atoms with Crippen molar-refractivity contribution in [2.24, 2.45) is 5.92 Å². The number of hydrogen-bond donors (Lipinski definition) is 0. The van der Waals surface area contributed by atoms with E-state index >= 15 is 0 Å². The van der Waals surface area contributed by atoms with Gasteiger partial charge >= 0.3 is 0 Å². The van der Waals surface area contributed by atoms with Crippen LogP contribution < -0.4 is 0 Å². The van der Waals surface area contributed by atoms with E-state index in [1.54, 1.807) is 0 Å². The Kier molecular flexibility index (Phi) is 6.78. The molecule has 0 heterocycles. The van der Waals surface area contributed by atoms with Gasteiger partial charge in [0.25, 0.3) is 0 Å². The highest BCUT2D eigenvalue weighted by Gasteiger charge is 2.17. The first-order valence-electron chi connectivity index (χ1n) is 3.87. The van der Waals surface area contributed by atoms with Crippen LogP contribution in [0.4, 0.5) is 0 Å². The number of alkyl halides is 2. The van der Waals surface area contributed by atoms with Crippen molar-refractivity contribution in [2.45, 2.75) is 30.4 Å². The molecule has 0 aliphatic carbocycles. The Bertz CT molecular complexity index is 200. The third-order valence-corrected chi connectivity index (χ3v) is 2.31. The molecule has 12 heavy (non-hydrogen) atoms. The third-order valence-electron chi connectivity index (χ3n) is 1.41. The smallest absolute Gasteiger partial charge is 0.160 e. The number of Topliss-reactive ketones (excluding diaryl/α,β-unsaturated/α-hetero) is 1. The summed E-state index contributed by atoms with van der Waals surface area (Å²) >= 11 is 6.34. The van der Waals surface area contributed by atoms with Gasteiger partial charge in [0.1, 0.15) is 3.74 Å². The average molecular weight is 296 g/mol. The van der Waals surface area contributed by atoms with Gasteiger partial charge in [-0.1, -0.05) is 45.7 Å². The summed E-state index contributed by atoms with van der Waals surface area (Å²) in [6.07, 6.45) is 1.51. The van der Waals surface area contributed by atoms with Gasteiger partial charge in [-0.25, -0.2) is 0 Å². The van der Waals surface area contributed by atoms with Gasteiger partial charge in [0, 0.05) is 18.8 Å². The number of carbonyl (C=O) groups is 1. The van der Waals surface area contributed by atoms with E-state index in [9.17, 15) is 4.79 Å². The van der Waals surface area contributed by atoms with Crippen molar-refractivity contribution in [3.63, 3.8) is 0 Å². The van der Waals surface area contributed by atoms with Crippen LogP contribution in [0.2, 0.25) is 0 Å². The zero-order valence-corrected chi connectivity index (χ0v) is 10.4. The number of carbonyl (C=O) groups excluding carboxylic acids is 1. The van der Waals surface area contributed by atoms with Gasteiger partial charge in [-0.15, -0.1) is 11.8 Å². The molecule has 0 aromatic heterocycles. The minimum absolute atomic E-state index is 0.00722. The second-order valence-electron chi connectivity index (χ2n) is 2.52. The topological polar surface area (TPSA) is 17.1 Å².